The minimum absolute atomic E-state index is 0.247. The van der Waals surface area contributed by atoms with Crippen molar-refractivity contribution in [2.75, 3.05) is 32.7 Å². The quantitative estimate of drug-likeness (QED) is 0.471. The van der Waals surface area contributed by atoms with Gasteiger partial charge in [-0.25, -0.2) is 0 Å². The standard InChI is InChI=1S/C30H32N2O4/c33-27(22-10-2-1-3-11-22)28(34)32-20-18-31(19-21-32)17-9-8-16-30(29(35)36)25-14-6-4-12-23(25)24-13-5-7-15-26(24)30/h1-7,10-15,27,33H,8-9,16-21H2,(H,35,36). The van der Waals surface area contributed by atoms with Crippen LogP contribution in [-0.4, -0.2) is 64.6 Å². The van der Waals surface area contributed by atoms with Gasteiger partial charge in [-0.05, 0) is 47.2 Å². The fourth-order valence-corrected chi connectivity index (χ4v) is 5.80. The van der Waals surface area contributed by atoms with Crippen LogP contribution in [0.3, 0.4) is 0 Å². The van der Waals surface area contributed by atoms with Gasteiger partial charge in [0.2, 0.25) is 0 Å². The molecular formula is C30H32N2O4. The third kappa shape index (κ3) is 4.31. The summed E-state index contributed by atoms with van der Waals surface area (Å²) in [5.74, 6) is -1.04. The van der Waals surface area contributed by atoms with Crippen LogP contribution in [0.1, 0.15) is 42.1 Å². The maximum Gasteiger partial charge on any atom is 0.318 e. The van der Waals surface area contributed by atoms with Gasteiger partial charge in [-0.1, -0.05) is 85.3 Å². The summed E-state index contributed by atoms with van der Waals surface area (Å²) < 4.78 is 0. The Kier molecular flexibility index (Phi) is 6.90. The van der Waals surface area contributed by atoms with Gasteiger partial charge < -0.3 is 15.1 Å². The van der Waals surface area contributed by atoms with Crippen LogP contribution in [-0.2, 0) is 15.0 Å². The van der Waals surface area contributed by atoms with E-state index in [2.05, 4.69) is 4.90 Å². The highest BCUT2D eigenvalue weighted by atomic mass is 16.4. The Labute approximate surface area is 211 Å². The number of aliphatic hydroxyl groups excluding tert-OH is 1. The highest BCUT2D eigenvalue weighted by Crippen LogP contribution is 2.51. The third-order valence-electron chi connectivity index (χ3n) is 7.74. The summed E-state index contributed by atoms with van der Waals surface area (Å²) in [4.78, 5) is 29.5. The lowest BCUT2D eigenvalue weighted by molar-refractivity contribution is -0.142. The number of unbranched alkanes of at least 4 members (excludes halogenated alkanes) is 1. The van der Waals surface area contributed by atoms with E-state index in [-0.39, 0.29) is 5.91 Å². The van der Waals surface area contributed by atoms with Crippen molar-refractivity contribution < 1.29 is 19.8 Å². The van der Waals surface area contributed by atoms with Crippen LogP contribution in [0.5, 0.6) is 0 Å². The van der Waals surface area contributed by atoms with Crippen LogP contribution >= 0.6 is 0 Å². The first kappa shape index (κ1) is 24.2. The number of carbonyl (C=O) groups is 2. The number of aliphatic hydroxyl groups is 1. The van der Waals surface area contributed by atoms with Crippen molar-refractivity contribution in [2.45, 2.75) is 30.8 Å². The average molecular weight is 485 g/mol. The lowest BCUT2D eigenvalue weighted by atomic mass is 9.74. The molecule has 1 fully saturated rings. The summed E-state index contributed by atoms with van der Waals surface area (Å²) in [6.45, 7) is 3.54. The summed E-state index contributed by atoms with van der Waals surface area (Å²) in [6.07, 6.45) is 1.11. The number of carboxylic acids is 1. The maximum atomic E-state index is 12.7. The molecule has 1 unspecified atom stereocenters. The molecule has 2 aliphatic rings. The van der Waals surface area contributed by atoms with E-state index in [4.69, 9.17) is 0 Å². The Balaban J connectivity index is 1.17. The van der Waals surface area contributed by atoms with Gasteiger partial charge in [-0.3, -0.25) is 14.5 Å². The fraction of sp³-hybridized carbons (Fsp3) is 0.333. The van der Waals surface area contributed by atoms with Crippen LogP contribution in [0, 0.1) is 0 Å². The van der Waals surface area contributed by atoms with Crippen molar-refractivity contribution in [1.82, 2.24) is 9.80 Å². The largest absolute Gasteiger partial charge is 0.480 e. The highest BCUT2D eigenvalue weighted by molar-refractivity contribution is 5.97. The number of piperazine rings is 1. The summed E-state index contributed by atoms with van der Waals surface area (Å²) in [5.41, 5.74) is 3.44. The molecule has 0 spiro atoms. The number of hydrogen-bond donors (Lipinski definition) is 2. The molecule has 1 saturated heterocycles. The molecule has 1 aliphatic carbocycles. The van der Waals surface area contributed by atoms with Gasteiger partial charge in [-0.2, -0.15) is 0 Å². The number of aliphatic carboxylic acids is 1. The van der Waals surface area contributed by atoms with Gasteiger partial charge in [0.05, 0.1) is 0 Å². The normalized spacial score (nSPS) is 17.3. The fourth-order valence-electron chi connectivity index (χ4n) is 5.80. The number of carboxylic acid groups (broad SMARTS) is 1. The van der Waals surface area contributed by atoms with Gasteiger partial charge in [0.1, 0.15) is 5.41 Å². The van der Waals surface area contributed by atoms with Crippen LogP contribution in [0.2, 0.25) is 0 Å². The summed E-state index contributed by atoms with van der Waals surface area (Å²) in [6, 6.07) is 24.8. The molecule has 1 aliphatic heterocycles. The molecule has 5 rings (SSSR count). The molecular weight excluding hydrogens is 452 g/mol. The third-order valence-corrected chi connectivity index (χ3v) is 7.74. The molecule has 6 nitrogen and oxygen atoms in total. The SMILES string of the molecule is O=C(C(O)c1ccccc1)N1CCN(CCCCC2(C(=O)O)c3ccccc3-c3ccccc32)CC1. The topological polar surface area (TPSA) is 81.1 Å². The van der Waals surface area contributed by atoms with Crippen molar-refractivity contribution >= 4 is 11.9 Å². The predicted octanol–water partition coefficient (Wildman–Crippen LogP) is 4.09. The Bertz CT molecular complexity index is 1190. The molecule has 0 aromatic heterocycles. The zero-order chi connectivity index (χ0) is 25.1. The number of benzene rings is 3. The van der Waals surface area contributed by atoms with Gasteiger partial charge >= 0.3 is 5.97 Å². The molecule has 2 N–H and O–H groups in total. The van der Waals surface area contributed by atoms with Gasteiger partial charge in [0.15, 0.2) is 6.10 Å². The first-order valence-corrected chi connectivity index (χ1v) is 12.7. The second kappa shape index (κ2) is 10.2. The van der Waals surface area contributed by atoms with Crippen LogP contribution in [0.25, 0.3) is 11.1 Å². The molecule has 0 saturated carbocycles. The smallest absolute Gasteiger partial charge is 0.318 e. The van der Waals surface area contributed by atoms with E-state index >= 15 is 0 Å². The lowest BCUT2D eigenvalue weighted by Gasteiger charge is -2.36. The van der Waals surface area contributed by atoms with E-state index in [0.717, 1.165) is 54.7 Å². The van der Waals surface area contributed by atoms with Gasteiger partial charge in [0, 0.05) is 26.2 Å². The summed E-state index contributed by atoms with van der Waals surface area (Å²) in [5, 5.41) is 20.9. The molecule has 0 bridgehead atoms. The Morgan fingerprint density at radius 3 is 1.92 bits per heavy atom. The molecule has 186 valence electrons. The first-order valence-electron chi connectivity index (χ1n) is 12.7. The monoisotopic (exact) mass is 484 g/mol. The van der Waals surface area contributed by atoms with Crippen molar-refractivity contribution in [1.29, 1.82) is 0 Å². The number of hydrogen-bond acceptors (Lipinski definition) is 4. The van der Waals surface area contributed by atoms with Gasteiger partial charge in [-0.15, -0.1) is 0 Å². The van der Waals surface area contributed by atoms with E-state index in [0.29, 0.717) is 25.1 Å². The molecule has 36 heavy (non-hydrogen) atoms. The van der Waals surface area contributed by atoms with Gasteiger partial charge in [0.25, 0.3) is 5.91 Å². The molecule has 0 radical (unpaired) electrons. The second-order valence-electron chi connectivity index (χ2n) is 9.74. The Morgan fingerprint density at radius 1 is 0.778 bits per heavy atom. The van der Waals surface area contributed by atoms with E-state index in [1.807, 2.05) is 66.7 Å². The van der Waals surface area contributed by atoms with Crippen molar-refractivity contribution in [3.05, 3.63) is 95.6 Å². The first-order chi connectivity index (χ1) is 17.5. The average Bonchev–Trinajstić information content (AvgIpc) is 3.22. The molecule has 3 aromatic rings. The van der Waals surface area contributed by atoms with E-state index < -0.39 is 17.5 Å². The van der Waals surface area contributed by atoms with Crippen LogP contribution < -0.4 is 0 Å². The van der Waals surface area contributed by atoms with E-state index in [1.165, 1.54) is 0 Å². The zero-order valence-electron chi connectivity index (χ0n) is 20.3. The Hall–Kier alpha value is -3.48. The zero-order valence-corrected chi connectivity index (χ0v) is 20.3. The predicted molar refractivity (Wildman–Crippen MR) is 139 cm³/mol. The van der Waals surface area contributed by atoms with E-state index in [9.17, 15) is 19.8 Å². The summed E-state index contributed by atoms with van der Waals surface area (Å²) in [7, 11) is 0. The van der Waals surface area contributed by atoms with Crippen molar-refractivity contribution in [3.8, 4) is 11.1 Å². The number of carbonyl (C=O) groups excluding carboxylic acids is 1. The number of nitrogens with zero attached hydrogens (tertiary/aromatic N) is 2. The molecule has 1 heterocycles. The van der Waals surface area contributed by atoms with Crippen LogP contribution in [0.15, 0.2) is 78.9 Å². The highest BCUT2D eigenvalue weighted by Gasteiger charge is 2.48. The maximum absolute atomic E-state index is 12.7. The molecule has 1 atom stereocenters. The minimum atomic E-state index is -1.12. The number of fused-ring (bicyclic) bond motifs is 3. The second-order valence-corrected chi connectivity index (χ2v) is 9.74. The molecule has 3 aromatic carbocycles. The lowest BCUT2D eigenvalue weighted by Crippen LogP contribution is -2.50. The molecule has 6 heteroatoms. The minimum Gasteiger partial charge on any atom is -0.480 e. The van der Waals surface area contributed by atoms with E-state index in [1.54, 1.807) is 17.0 Å². The molecule has 1 amide bonds. The number of amides is 1. The summed E-state index contributed by atoms with van der Waals surface area (Å²) >= 11 is 0. The van der Waals surface area contributed by atoms with Crippen molar-refractivity contribution in [2.24, 2.45) is 0 Å². The van der Waals surface area contributed by atoms with Crippen molar-refractivity contribution in [3.63, 3.8) is 0 Å². The number of rotatable bonds is 8. The van der Waals surface area contributed by atoms with Crippen LogP contribution in [0.4, 0.5) is 0 Å². The Morgan fingerprint density at radius 2 is 1.33 bits per heavy atom.